The maximum atomic E-state index is 5.66. The second-order valence-electron chi connectivity index (χ2n) is 4.50. The Kier molecular flexibility index (Phi) is 3.55. The summed E-state index contributed by atoms with van der Waals surface area (Å²) < 4.78 is 10.7. The molecule has 0 aliphatic heterocycles. The van der Waals surface area contributed by atoms with Gasteiger partial charge in [0.05, 0.1) is 6.61 Å². The molecule has 0 amide bonds. The third-order valence-electron chi connectivity index (χ3n) is 3.01. The summed E-state index contributed by atoms with van der Waals surface area (Å²) in [7, 11) is 0. The van der Waals surface area contributed by atoms with E-state index >= 15 is 0 Å². The molecule has 5 heteroatoms. The molecule has 21 heavy (non-hydrogen) atoms. The van der Waals surface area contributed by atoms with Crippen molar-refractivity contribution in [2.24, 2.45) is 0 Å². The molecule has 3 aromatic rings. The minimum Gasteiger partial charge on any atom is -0.494 e. The van der Waals surface area contributed by atoms with Crippen molar-refractivity contribution in [3.8, 4) is 28.6 Å². The van der Waals surface area contributed by atoms with Crippen LogP contribution in [0, 0.1) is 0 Å². The number of benzene rings is 2. The van der Waals surface area contributed by atoms with E-state index in [-0.39, 0.29) is 0 Å². The molecule has 0 spiro atoms. The van der Waals surface area contributed by atoms with E-state index in [4.69, 9.17) is 15.0 Å². The number of ether oxygens (including phenoxy) is 1. The molecular formula is C16H15N3O2. The number of hydrogen-bond acceptors (Lipinski definition) is 5. The van der Waals surface area contributed by atoms with Gasteiger partial charge in [-0.3, -0.25) is 0 Å². The van der Waals surface area contributed by atoms with Gasteiger partial charge in [0.25, 0.3) is 5.89 Å². The first-order valence-electron chi connectivity index (χ1n) is 6.69. The van der Waals surface area contributed by atoms with E-state index in [0.717, 1.165) is 16.9 Å². The second kappa shape index (κ2) is 5.66. The topological polar surface area (TPSA) is 74.2 Å². The van der Waals surface area contributed by atoms with E-state index in [9.17, 15) is 0 Å². The van der Waals surface area contributed by atoms with Crippen molar-refractivity contribution in [3.05, 3.63) is 48.5 Å². The highest BCUT2D eigenvalue weighted by Crippen LogP contribution is 2.24. The molecule has 0 saturated carbocycles. The molecule has 3 rings (SSSR count). The summed E-state index contributed by atoms with van der Waals surface area (Å²) >= 11 is 0. The molecule has 5 nitrogen and oxygen atoms in total. The van der Waals surface area contributed by atoms with E-state index < -0.39 is 0 Å². The zero-order valence-corrected chi connectivity index (χ0v) is 11.6. The van der Waals surface area contributed by atoms with Crippen LogP contribution in [0.1, 0.15) is 6.92 Å². The number of anilines is 1. The quantitative estimate of drug-likeness (QED) is 0.742. The Morgan fingerprint density at radius 3 is 2.33 bits per heavy atom. The van der Waals surface area contributed by atoms with Crippen molar-refractivity contribution in [1.29, 1.82) is 0 Å². The lowest BCUT2D eigenvalue weighted by molar-refractivity contribution is 0.340. The first-order valence-corrected chi connectivity index (χ1v) is 6.69. The fraction of sp³-hybridized carbons (Fsp3) is 0.125. The lowest BCUT2D eigenvalue weighted by Crippen LogP contribution is -1.90. The van der Waals surface area contributed by atoms with Crippen molar-refractivity contribution in [3.63, 3.8) is 0 Å². The lowest BCUT2D eigenvalue weighted by Gasteiger charge is -2.02. The van der Waals surface area contributed by atoms with Gasteiger partial charge in [0.15, 0.2) is 0 Å². The predicted molar refractivity (Wildman–Crippen MR) is 80.8 cm³/mol. The fourth-order valence-corrected chi connectivity index (χ4v) is 1.95. The minimum atomic E-state index is 0.471. The summed E-state index contributed by atoms with van der Waals surface area (Å²) in [5.41, 5.74) is 8.08. The van der Waals surface area contributed by atoms with Crippen LogP contribution in [-0.4, -0.2) is 16.7 Å². The van der Waals surface area contributed by atoms with Gasteiger partial charge >= 0.3 is 0 Å². The van der Waals surface area contributed by atoms with Crippen molar-refractivity contribution in [2.75, 3.05) is 12.3 Å². The predicted octanol–water partition coefficient (Wildman–Crippen LogP) is 3.38. The summed E-state index contributed by atoms with van der Waals surface area (Å²) in [5, 5.41) is 4.00. The van der Waals surface area contributed by atoms with Crippen molar-refractivity contribution >= 4 is 5.69 Å². The van der Waals surface area contributed by atoms with Crippen LogP contribution in [0.3, 0.4) is 0 Å². The van der Waals surface area contributed by atoms with Crippen LogP contribution in [0.25, 0.3) is 22.8 Å². The largest absolute Gasteiger partial charge is 0.494 e. The molecule has 0 bridgehead atoms. The van der Waals surface area contributed by atoms with Crippen LogP contribution in [0.15, 0.2) is 53.1 Å². The summed E-state index contributed by atoms with van der Waals surface area (Å²) in [6.07, 6.45) is 0. The van der Waals surface area contributed by atoms with Crippen molar-refractivity contribution < 1.29 is 9.26 Å². The average Bonchev–Trinajstić information content (AvgIpc) is 2.99. The third-order valence-corrected chi connectivity index (χ3v) is 3.01. The first kappa shape index (κ1) is 13.2. The summed E-state index contributed by atoms with van der Waals surface area (Å²) in [4.78, 5) is 4.40. The van der Waals surface area contributed by atoms with Gasteiger partial charge < -0.3 is 15.0 Å². The highest BCUT2D eigenvalue weighted by molar-refractivity contribution is 5.61. The second-order valence-corrected chi connectivity index (χ2v) is 4.50. The van der Waals surface area contributed by atoms with Gasteiger partial charge in [-0.1, -0.05) is 5.16 Å². The number of nitrogens with two attached hydrogens (primary N) is 1. The zero-order valence-electron chi connectivity index (χ0n) is 11.6. The number of hydrogen-bond donors (Lipinski definition) is 1. The van der Waals surface area contributed by atoms with Gasteiger partial charge in [0, 0.05) is 16.8 Å². The normalized spacial score (nSPS) is 10.5. The van der Waals surface area contributed by atoms with E-state index in [0.29, 0.717) is 24.0 Å². The molecule has 0 aliphatic rings. The third kappa shape index (κ3) is 2.86. The summed E-state index contributed by atoms with van der Waals surface area (Å²) in [6.45, 7) is 2.59. The fourth-order valence-electron chi connectivity index (χ4n) is 1.95. The Balaban J connectivity index is 1.85. The van der Waals surface area contributed by atoms with Crippen molar-refractivity contribution in [2.45, 2.75) is 6.92 Å². The maximum absolute atomic E-state index is 5.66. The van der Waals surface area contributed by atoms with Crippen LogP contribution < -0.4 is 10.5 Å². The average molecular weight is 281 g/mol. The number of nitrogens with zero attached hydrogens (tertiary/aromatic N) is 2. The van der Waals surface area contributed by atoms with E-state index in [1.807, 2.05) is 43.3 Å². The molecule has 1 heterocycles. The van der Waals surface area contributed by atoms with Gasteiger partial charge in [-0.15, -0.1) is 0 Å². The monoisotopic (exact) mass is 281 g/mol. The van der Waals surface area contributed by atoms with Crippen LogP contribution in [0.5, 0.6) is 5.75 Å². The Morgan fingerprint density at radius 1 is 1.00 bits per heavy atom. The smallest absolute Gasteiger partial charge is 0.258 e. The molecular weight excluding hydrogens is 266 g/mol. The molecule has 0 radical (unpaired) electrons. The van der Waals surface area contributed by atoms with Gasteiger partial charge in [0.2, 0.25) is 5.82 Å². The summed E-state index contributed by atoms with van der Waals surface area (Å²) in [6, 6.07) is 14.9. The van der Waals surface area contributed by atoms with Crippen LogP contribution in [-0.2, 0) is 0 Å². The molecule has 0 aliphatic carbocycles. The van der Waals surface area contributed by atoms with Gasteiger partial charge in [0.1, 0.15) is 5.75 Å². The Labute approximate surface area is 122 Å². The highest BCUT2D eigenvalue weighted by Gasteiger charge is 2.10. The van der Waals surface area contributed by atoms with Crippen molar-refractivity contribution in [1.82, 2.24) is 10.1 Å². The lowest BCUT2D eigenvalue weighted by atomic mass is 10.2. The highest BCUT2D eigenvalue weighted by atomic mass is 16.5. The standard InChI is InChI=1S/C16H15N3O2/c1-2-20-14-9-5-11(6-10-14)15-18-16(21-19-15)12-3-7-13(17)8-4-12/h3-10H,2,17H2,1H3. The summed E-state index contributed by atoms with van der Waals surface area (Å²) in [5.74, 6) is 1.84. The Bertz CT molecular complexity index is 718. The number of nitrogen functional groups attached to an aromatic ring is 1. The zero-order chi connectivity index (χ0) is 14.7. The van der Waals surface area contributed by atoms with Crippen LogP contribution >= 0.6 is 0 Å². The molecule has 0 fully saturated rings. The van der Waals surface area contributed by atoms with Gasteiger partial charge in [-0.05, 0) is 55.5 Å². The molecule has 2 N–H and O–H groups in total. The van der Waals surface area contributed by atoms with Crippen LogP contribution in [0.2, 0.25) is 0 Å². The molecule has 0 unspecified atom stereocenters. The number of aromatic nitrogens is 2. The van der Waals surface area contributed by atoms with E-state index in [1.165, 1.54) is 0 Å². The SMILES string of the molecule is CCOc1ccc(-c2noc(-c3ccc(N)cc3)n2)cc1. The Hall–Kier alpha value is -2.82. The van der Waals surface area contributed by atoms with Gasteiger partial charge in [-0.2, -0.15) is 4.98 Å². The Morgan fingerprint density at radius 2 is 1.67 bits per heavy atom. The molecule has 0 atom stereocenters. The molecule has 106 valence electrons. The van der Waals surface area contributed by atoms with Crippen LogP contribution in [0.4, 0.5) is 5.69 Å². The minimum absolute atomic E-state index is 0.471. The first-order chi connectivity index (χ1) is 10.3. The maximum Gasteiger partial charge on any atom is 0.258 e. The van der Waals surface area contributed by atoms with Gasteiger partial charge in [-0.25, -0.2) is 0 Å². The molecule has 1 aromatic heterocycles. The van der Waals surface area contributed by atoms with E-state index in [2.05, 4.69) is 10.1 Å². The number of rotatable bonds is 4. The molecule has 2 aromatic carbocycles. The van der Waals surface area contributed by atoms with E-state index in [1.54, 1.807) is 12.1 Å². The molecule has 0 saturated heterocycles.